The predicted molar refractivity (Wildman–Crippen MR) is 59.6 cm³/mol. The SMILES string of the molecule is COC(=O)C(=O)Nc1ccc2[nH]c(=O)[nH]c2c1. The van der Waals surface area contributed by atoms with Crippen molar-refractivity contribution in [3.8, 4) is 0 Å². The molecule has 1 aromatic heterocycles. The molecule has 0 bridgehead atoms. The molecule has 0 aliphatic carbocycles. The van der Waals surface area contributed by atoms with Gasteiger partial charge in [0.2, 0.25) is 0 Å². The van der Waals surface area contributed by atoms with Gasteiger partial charge in [-0.15, -0.1) is 0 Å². The number of H-pyrrole nitrogens is 2. The first-order chi connectivity index (χ1) is 8.10. The molecule has 0 saturated heterocycles. The molecule has 0 radical (unpaired) electrons. The van der Waals surface area contributed by atoms with Gasteiger partial charge in [-0.1, -0.05) is 0 Å². The lowest BCUT2D eigenvalue weighted by molar-refractivity contribution is -0.150. The van der Waals surface area contributed by atoms with Crippen molar-refractivity contribution < 1.29 is 14.3 Å². The molecule has 0 atom stereocenters. The van der Waals surface area contributed by atoms with Gasteiger partial charge in [-0.25, -0.2) is 9.59 Å². The van der Waals surface area contributed by atoms with Gasteiger partial charge in [-0.05, 0) is 18.2 Å². The topological polar surface area (TPSA) is 104 Å². The van der Waals surface area contributed by atoms with Crippen LogP contribution in [0.15, 0.2) is 23.0 Å². The van der Waals surface area contributed by atoms with Gasteiger partial charge in [0.1, 0.15) is 0 Å². The molecule has 0 fully saturated rings. The van der Waals surface area contributed by atoms with Crippen molar-refractivity contribution in [1.82, 2.24) is 9.97 Å². The van der Waals surface area contributed by atoms with Crippen molar-refractivity contribution in [1.29, 1.82) is 0 Å². The van der Waals surface area contributed by atoms with Gasteiger partial charge in [0.25, 0.3) is 0 Å². The van der Waals surface area contributed by atoms with E-state index in [1.807, 2.05) is 0 Å². The molecule has 17 heavy (non-hydrogen) atoms. The van der Waals surface area contributed by atoms with E-state index in [-0.39, 0.29) is 5.69 Å². The Bertz CT molecular complexity index is 640. The zero-order valence-corrected chi connectivity index (χ0v) is 8.87. The van der Waals surface area contributed by atoms with Crippen LogP contribution in [0.25, 0.3) is 11.0 Å². The molecule has 0 spiro atoms. The highest BCUT2D eigenvalue weighted by Gasteiger charge is 2.13. The van der Waals surface area contributed by atoms with Crippen molar-refractivity contribution in [2.75, 3.05) is 12.4 Å². The van der Waals surface area contributed by atoms with Crippen molar-refractivity contribution in [2.24, 2.45) is 0 Å². The molecule has 1 amide bonds. The van der Waals surface area contributed by atoms with Crippen LogP contribution in [0.4, 0.5) is 5.69 Å². The number of amides is 1. The van der Waals surface area contributed by atoms with Crippen LogP contribution >= 0.6 is 0 Å². The van der Waals surface area contributed by atoms with Crippen LogP contribution < -0.4 is 11.0 Å². The minimum absolute atomic E-state index is 0.337. The van der Waals surface area contributed by atoms with E-state index in [2.05, 4.69) is 20.0 Å². The van der Waals surface area contributed by atoms with E-state index < -0.39 is 11.9 Å². The molecule has 0 aliphatic heterocycles. The number of aromatic nitrogens is 2. The number of carbonyl (C=O) groups is 2. The Hall–Kier alpha value is -2.57. The quantitative estimate of drug-likeness (QED) is 0.476. The zero-order valence-electron chi connectivity index (χ0n) is 8.87. The highest BCUT2D eigenvalue weighted by Crippen LogP contribution is 2.14. The Kier molecular flexibility index (Phi) is 2.65. The van der Waals surface area contributed by atoms with Crippen LogP contribution in [-0.2, 0) is 14.3 Å². The largest absolute Gasteiger partial charge is 0.462 e. The van der Waals surface area contributed by atoms with Crippen LogP contribution in [0.2, 0.25) is 0 Å². The van der Waals surface area contributed by atoms with Gasteiger partial charge in [0.05, 0.1) is 18.1 Å². The normalized spacial score (nSPS) is 10.2. The summed E-state index contributed by atoms with van der Waals surface area (Å²) in [6.07, 6.45) is 0. The van der Waals surface area contributed by atoms with E-state index in [0.717, 1.165) is 7.11 Å². The third-order valence-corrected chi connectivity index (χ3v) is 2.14. The lowest BCUT2D eigenvalue weighted by atomic mass is 10.3. The van der Waals surface area contributed by atoms with Gasteiger partial charge in [-0.2, -0.15) is 0 Å². The molecule has 1 aromatic carbocycles. The molecular weight excluding hydrogens is 226 g/mol. The lowest BCUT2D eigenvalue weighted by Gasteiger charge is -2.02. The second kappa shape index (κ2) is 4.12. The predicted octanol–water partition coefficient (Wildman–Crippen LogP) is -0.0323. The molecule has 7 heteroatoms. The number of benzene rings is 1. The maximum Gasteiger partial charge on any atom is 0.396 e. The maximum atomic E-state index is 11.2. The number of methoxy groups -OCH3 is 1. The second-order valence-electron chi connectivity index (χ2n) is 3.29. The Labute approximate surface area is 94.8 Å². The highest BCUT2D eigenvalue weighted by atomic mass is 16.5. The Morgan fingerprint density at radius 2 is 1.94 bits per heavy atom. The van der Waals surface area contributed by atoms with E-state index in [0.29, 0.717) is 16.7 Å². The van der Waals surface area contributed by atoms with E-state index in [1.165, 1.54) is 6.07 Å². The van der Waals surface area contributed by atoms with Crippen LogP contribution in [0.3, 0.4) is 0 Å². The summed E-state index contributed by atoms with van der Waals surface area (Å²) in [6.45, 7) is 0. The van der Waals surface area contributed by atoms with Crippen LogP contribution in [0.5, 0.6) is 0 Å². The van der Waals surface area contributed by atoms with Gasteiger partial charge in [0.15, 0.2) is 0 Å². The molecule has 3 N–H and O–H groups in total. The van der Waals surface area contributed by atoms with E-state index in [1.54, 1.807) is 12.1 Å². The monoisotopic (exact) mass is 235 g/mol. The number of ether oxygens (including phenoxy) is 1. The fraction of sp³-hybridized carbons (Fsp3) is 0.100. The third-order valence-electron chi connectivity index (χ3n) is 2.14. The summed E-state index contributed by atoms with van der Waals surface area (Å²) in [5.74, 6) is -1.85. The first kappa shape index (κ1) is 10.9. The van der Waals surface area contributed by atoms with Crippen LogP contribution in [0.1, 0.15) is 0 Å². The first-order valence-electron chi connectivity index (χ1n) is 4.71. The maximum absolute atomic E-state index is 11.2. The second-order valence-corrected chi connectivity index (χ2v) is 3.29. The standard InChI is InChI=1S/C10H9N3O4/c1-17-9(15)8(14)11-5-2-3-6-7(4-5)13-10(16)12-6/h2-4H,1H3,(H,11,14)(H2,12,13,16). The summed E-state index contributed by atoms with van der Waals surface area (Å²) in [6, 6.07) is 4.71. The number of carbonyl (C=O) groups excluding carboxylic acids is 2. The molecule has 2 aromatic rings. The van der Waals surface area contributed by atoms with Crippen molar-refractivity contribution >= 4 is 28.6 Å². The minimum atomic E-state index is -0.979. The average Bonchev–Trinajstić information content (AvgIpc) is 2.67. The van der Waals surface area contributed by atoms with Gasteiger partial charge in [0, 0.05) is 5.69 Å². The first-order valence-corrected chi connectivity index (χ1v) is 4.71. The molecular formula is C10H9N3O4. The number of nitrogens with one attached hydrogen (secondary N) is 3. The number of aromatic amines is 2. The van der Waals surface area contributed by atoms with E-state index in [9.17, 15) is 14.4 Å². The van der Waals surface area contributed by atoms with Gasteiger partial charge in [-0.3, -0.25) is 4.79 Å². The summed E-state index contributed by atoms with van der Waals surface area (Å²) in [5, 5.41) is 2.34. The fourth-order valence-corrected chi connectivity index (χ4v) is 1.39. The lowest BCUT2D eigenvalue weighted by Crippen LogP contribution is -2.23. The summed E-state index contributed by atoms with van der Waals surface area (Å²) in [7, 11) is 1.12. The Morgan fingerprint density at radius 3 is 2.65 bits per heavy atom. The molecule has 1 heterocycles. The van der Waals surface area contributed by atoms with E-state index in [4.69, 9.17) is 0 Å². The minimum Gasteiger partial charge on any atom is -0.462 e. The number of hydrogen-bond donors (Lipinski definition) is 3. The smallest absolute Gasteiger partial charge is 0.396 e. The zero-order chi connectivity index (χ0) is 12.4. The van der Waals surface area contributed by atoms with Crippen LogP contribution in [-0.4, -0.2) is 29.0 Å². The third kappa shape index (κ3) is 2.17. The summed E-state index contributed by atoms with van der Waals surface area (Å²) in [5.41, 5.74) is 1.21. The molecule has 88 valence electrons. The molecule has 0 saturated carbocycles. The van der Waals surface area contributed by atoms with Gasteiger partial charge < -0.3 is 20.0 Å². The molecule has 7 nitrogen and oxygen atoms in total. The summed E-state index contributed by atoms with van der Waals surface area (Å²) in [4.78, 5) is 38.2. The average molecular weight is 235 g/mol. The van der Waals surface area contributed by atoms with Crippen molar-refractivity contribution in [3.63, 3.8) is 0 Å². The fourth-order valence-electron chi connectivity index (χ4n) is 1.39. The summed E-state index contributed by atoms with van der Waals surface area (Å²) < 4.78 is 4.26. The Morgan fingerprint density at radius 1 is 1.24 bits per heavy atom. The highest BCUT2D eigenvalue weighted by molar-refractivity contribution is 6.37. The number of fused-ring (bicyclic) bond motifs is 1. The van der Waals surface area contributed by atoms with Crippen molar-refractivity contribution in [3.05, 3.63) is 28.7 Å². The van der Waals surface area contributed by atoms with Gasteiger partial charge >= 0.3 is 17.6 Å². The molecule has 0 unspecified atom stereocenters. The van der Waals surface area contributed by atoms with Crippen LogP contribution in [0, 0.1) is 0 Å². The van der Waals surface area contributed by atoms with E-state index >= 15 is 0 Å². The van der Waals surface area contributed by atoms with Crippen molar-refractivity contribution in [2.45, 2.75) is 0 Å². The Balaban J connectivity index is 2.27. The number of hydrogen-bond acceptors (Lipinski definition) is 4. The summed E-state index contributed by atoms with van der Waals surface area (Å²) >= 11 is 0. The number of imidazole rings is 1. The molecule has 0 aliphatic rings. The number of esters is 1. The number of anilines is 1. The molecule has 2 rings (SSSR count). The number of rotatable bonds is 1.